The van der Waals surface area contributed by atoms with E-state index in [-0.39, 0.29) is 5.56 Å². The minimum absolute atomic E-state index is 0.0751. The molecule has 1 aliphatic heterocycles. The molecule has 2 aromatic heterocycles. The van der Waals surface area contributed by atoms with Crippen molar-refractivity contribution >= 4 is 11.6 Å². The largest absolute Gasteiger partial charge is 0.496 e. The van der Waals surface area contributed by atoms with E-state index in [2.05, 4.69) is 10.1 Å². The monoisotopic (exact) mass is 343 g/mol. The number of ether oxygens (including phenoxy) is 1. The van der Waals surface area contributed by atoms with Crippen LogP contribution in [0.25, 0.3) is 22.8 Å². The molecular formula is C17H14ClN3O3. The minimum Gasteiger partial charge on any atom is -0.496 e. The second kappa shape index (κ2) is 5.79. The van der Waals surface area contributed by atoms with E-state index in [4.69, 9.17) is 20.9 Å². The third-order valence-corrected chi connectivity index (χ3v) is 4.48. The number of hydrogen-bond donors (Lipinski definition) is 0. The molecule has 0 bridgehead atoms. The van der Waals surface area contributed by atoms with Crippen molar-refractivity contribution in [2.24, 2.45) is 0 Å². The van der Waals surface area contributed by atoms with Gasteiger partial charge < -0.3 is 13.8 Å². The van der Waals surface area contributed by atoms with Gasteiger partial charge in [0.1, 0.15) is 11.3 Å². The van der Waals surface area contributed by atoms with Crippen molar-refractivity contribution in [3.8, 4) is 28.6 Å². The van der Waals surface area contributed by atoms with Crippen LogP contribution in [0, 0.1) is 0 Å². The van der Waals surface area contributed by atoms with Crippen molar-refractivity contribution in [1.29, 1.82) is 0 Å². The standard InChI is InChI=1S/C17H14ClN3O3/c1-23-13-9-14(22)21-8-4-7-12(21)15(13)17-19-16(20-24-17)10-5-2-3-6-11(10)18/h2-3,5-6,9H,4,7-8H2,1H3. The lowest BCUT2D eigenvalue weighted by atomic mass is 10.1. The Labute approximate surface area is 142 Å². The number of nitrogens with zero attached hydrogens (tertiary/aromatic N) is 3. The van der Waals surface area contributed by atoms with Gasteiger partial charge in [-0.15, -0.1) is 0 Å². The van der Waals surface area contributed by atoms with Crippen LogP contribution in [0.2, 0.25) is 5.02 Å². The van der Waals surface area contributed by atoms with Crippen LogP contribution in [0.4, 0.5) is 0 Å². The van der Waals surface area contributed by atoms with Gasteiger partial charge in [-0.2, -0.15) is 4.98 Å². The second-order valence-electron chi connectivity index (χ2n) is 5.53. The highest BCUT2D eigenvalue weighted by molar-refractivity contribution is 6.33. The fourth-order valence-electron chi connectivity index (χ4n) is 3.05. The summed E-state index contributed by atoms with van der Waals surface area (Å²) in [6.07, 6.45) is 1.67. The van der Waals surface area contributed by atoms with E-state index >= 15 is 0 Å². The quantitative estimate of drug-likeness (QED) is 0.730. The SMILES string of the molecule is COc1cc(=O)n2c(c1-c1nc(-c3ccccc3Cl)no1)CCC2. The van der Waals surface area contributed by atoms with Crippen molar-refractivity contribution < 1.29 is 9.26 Å². The summed E-state index contributed by atoms with van der Waals surface area (Å²) in [4.78, 5) is 16.6. The fraction of sp³-hybridized carbons (Fsp3) is 0.235. The normalized spacial score (nSPS) is 13.1. The average Bonchev–Trinajstić information content (AvgIpc) is 3.24. The first-order valence-electron chi connectivity index (χ1n) is 7.58. The third kappa shape index (κ3) is 2.30. The summed E-state index contributed by atoms with van der Waals surface area (Å²) in [7, 11) is 1.52. The lowest BCUT2D eigenvalue weighted by Gasteiger charge is -2.11. The highest BCUT2D eigenvalue weighted by Crippen LogP contribution is 2.35. The number of pyridine rings is 1. The number of methoxy groups -OCH3 is 1. The Bertz CT molecular complexity index is 977. The van der Waals surface area contributed by atoms with Crippen LogP contribution in [-0.4, -0.2) is 21.8 Å². The molecule has 6 nitrogen and oxygen atoms in total. The van der Waals surface area contributed by atoms with Gasteiger partial charge >= 0.3 is 0 Å². The first-order chi connectivity index (χ1) is 11.7. The summed E-state index contributed by atoms with van der Waals surface area (Å²) in [5, 5.41) is 4.58. The highest BCUT2D eigenvalue weighted by Gasteiger charge is 2.25. The zero-order valence-corrected chi connectivity index (χ0v) is 13.7. The molecule has 0 N–H and O–H groups in total. The van der Waals surface area contributed by atoms with Crippen LogP contribution in [0.1, 0.15) is 12.1 Å². The molecule has 7 heteroatoms. The van der Waals surface area contributed by atoms with Gasteiger partial charge in [0.2, 0.25) is 5.82 Å². The molecule has 122 valence electrons. The molecule has 3 heterocycles. The molecular weight excluding hydrogens is 330 g/mol. The van der Waals surface area contributed by atoms with E-state index in [1.807, 2.05) is 18.2 Å². The topological polar surface area (TPSA) is 70.2 Å². The number of aromatic nitrogens is 3. The number of halogens is 1. The molecule has 24 heavy (non-hydrogen) atoms. The molecule has 0 saturated carbocycles. The molecule has 0 spiro atoms. The van der Waals surface area contributed by atoms with E-state index in [1.165, 1.54) is 13.2 Å². The first kappa shape index (κ1) is 15.0. The van der Waals surface area contributed by atoms with Crippen LogP contribution in [-0.2, 0) is 13.0 Å². The number of hydrogen-bond acceptors (Lipinski definition) is 5. The average molecular weight is 344 g/mol. The molecule has 1 aromatic carbocycles. The summed E-state index contributed by atoms with van der Waals surface area (Å²) in [6.45, 7) is 0.691. The Kier molecular flexibility index (Phi) is 3.61. The van der Waals surface area contributed by atoms with Crippen LogP contribution in [0.5, 0.6) is 5.75 Å². The Hall–Kier alpha value is -2.60. The first-order valence-corrected chi connectivity index (χ1v) is 7.96. The zero-order chi connectivity index (χ0) is 16.7. The lowest BCUT2D eigenvalue weighted by Crippen LogP contribution is -2.19. The van der Waals surface area contributed by atoms with Gasteiger partial charge in [-0.25, -0.2) is 0 Å². The van der Waals surface area contributed by atoms with Gasteiger partial charge in [-0.3, -0.25) is 4.79 Å². The lowest BCUT2D eigenvalue weighted by molar-refractivity contribution is 0.402. The van der Waals surface area contributed by atoms with E-state index in [1.54, 1.807) is 10.6 Å². The van der Waals surface area contributed by atoms with Gasteiger partial charge in [0.05, 0.1) is 12.1 Å². The maximum Gasteiger partial charge on any atom is 0.263 e. The maximum atomic E-state index is 12.1. The van der Waals surface area contributed by atoms with Crippen molar-refractivity contribution in [1.82, 2.24) is 14.7 Å². The Morgan fingerprint density at radius 2 is 2.17 bits per heavy atom. The second-order valence-corrected chi connectivity index (χ2v) is 5.94. The maximum absolute atomic E-state index is 12.1. The van der Waals surface area contributed by atoms with Crippen LogP contribution in [0.3, 0.4) is 0 Å². The predicted molar refractivity (Wildman–Crippen MR) is 89.3 cm³/mol. The molecule has 0 amide bonds. The van der Waals surface area contributed by atoms with E-state index in [0.717, 1.165) is 18.5 Å². The number of benzene rings is 1. The minimum atomic E-state index is -0.0751. The Morgan fingerprint density at radius 3 is 2.96 bits per heavy atom. The molecule has 0 saturated heterocycles. The van der Waals surface area contributed by atoms with Crippen molar-refractivity contribution in [3.63, 3.8) is 0 Å². The third-order valence-electron chi connectivity index (χ3n) is 4.15. The number of rotatable bonds is 3. The summed E-state index contributed by atoms with van der Waals surface area (Å²) in [5.41, 5.74) is 2.17. The van der Waals surface area contributed by atoms with E-state index in [0.29, 0.717) is 40.2 Å². The Morgan fingerprint density at radius 1 is 1.33 bits per heavy atom. The molecule has 0 unspecified atom stereocenters. The summed E-state index contributed by atoms with van der Waals surface area (Å²) in [5.74, 6) is 1.18. The van der Waals surface area contributed by atoms with Gasteiger partial charge in [0, 0.05) is 23.9 Å². The van der Waals surface area contributed by atoms with Gasteiger partial charge in [-0.05, 0) is 25.0 Å². The molecule has 0 atom stereocenters. The van der Waals surface area contributed by atoms with Crippen LogP contribution in [0.15, 0.2) is 39.6 Å². The molecule has 1 aliphatic rings. The van der Waals surface area contributed by atoms with Crippen molar-refractivity contribution in [2.75, 3.05) is 7.11 Å². The summed E-state index contributed by atoms with van der Waals surface area (Å²) in [6, 6.07) is 8.76. The molecule has 0 aliphatic carbocycles. The van der Waals surface area contributed by atoms with Gasteiger partial charge in [0.25, 0.3) is 11.4 Å². The molecule has 0 fully saturated rings. The fourth-order valence-corrected chi connectivity index (χ4v) is 3.27. The zero-order valence-electron chi connectivity index (χ0n) is 13.0. The van der Waals surface area contributed by atoms with Crippen molar-refractivity contribution in [2.45, 2.75) is 19.4 Å². The Balaban J connectivity index is 1.88. The molecule has 0 radical (unpaired) electrons. The number of fused-ring (bicyclic) bond motifs is 1. The van der Waals surface area contributed by atoms with Gasteiger partial charge in [0.15, 0.2) is 0 Å². The molecule has 3 aromatic rings. The van der Waals surface area contributed by atoms with Crippen molar-refractivity contribution in [3.05, 3.63) is 51.4 Å². The van der Waals surface area contributed by atoms with Crippen LogP contribution >= 0.6 is 11.6 Å². The van der Waals surface area contributed by atoms with E-state index < -0.39 is 0 Å². The smallest absolute Gasteiger partial charge is 0.263 e. The predicted octanol–water partition coefficient (Wildman–Crippen LogP) is 3.17. The van der Waals surface area contributed by atoms with Crippen LogP contribution < -0.4 is 10.3 Å². The summed E-state index contributed by atoms with van der Waals surface area (Å²) >= 11 is 6.20. The molecule has 4 rings (SSSR count). The van der Waals surface area contributed by atoms with E-state index in [9.17, 15) is 4.79 Å². The van der Waals surface area contributed by atoms with Gasteiger partial charge in [-0.1, -0.05) is 28.9 Å². The highest BCUT2D eigenvalue weighted by atomic mass is 35.5. The summed E-state index contributed by atoms with van der Waals surface area (Å²) < 4.78 is 12.6.